The van der Waals surface area contributed by atoms with Crippen LogP contribution in [0.3, 0.4) is 0 Å². The number of amides is 3. The van der Waals surface area contributed by atoms with Crippen molar-refractivity contribution >= 4 is 40.1 Å². The number of methoxy groups -OCH3 is 1. The first-order valence-electron chi connectivity index (χ1n) is 12.9. The summed E-state index contributed by atoms with van der Waals surface area (Å²) in [7, 11) is 1.54. The van der Waals surface area contributed by atoms with Crippen molar-refractivity contribution in [3.63, 3.8) is 0 Å². The quantitative estimate of drug-likeness (QED) is 0.318. The van der Waals surface area contributed by atoms with Gasteiger partial charge in [0.15, 0.2) is 0 Å². The number of aromatic nitrogens is 1. The molecular weight excluding hydrogens is 506 g/mol. The van der Waals surface area contributed by atoms with E-state index in [1.165, 1.54) is 7.11 Å². The molecule has 1 unspecified atom stereocenters. The van der Waals surface area contributed by atoms with E-state index in [0.29, 0.717) is 50.3 Å². The fourth-order valence-electron chi connectivity index (χ4n) is 4.69. The minimum absolute atomic E-state index is 0.0373. The van der Waals surface area contributed by atoms with Crippen LogP contribution in [0.25, 0.3) is 10.9 Å². The van der Waals surface area contributed by atoms with Crippen LogP contribution in [0.2, 0.25) is 5.02 Å². The molecule has 1 atom stereocenters. The second-order valence-electron chi connectivity index (χ2n) is 9.84. The molecule has 3 aromatic rings. The average Bonchev–Trinajstić information content (AvgIpc) is 3.74. The lowest BCUT2D eigenvalue weighted by atomic mass is 9.91. The third-order valence-corrected chi connectivity index (χ3v) is 7.36. The largest absolute Gasteiger partial charge is 0.496 e. The van der Waals surface area contributed by atoms with E-state index >= 15 is 0 Å². The van der Waals surface area contributed by atoms with Crippen molar-refractivity contribution in [3.05, 3.63) is 53.2 Å². The molecular formula is C28H32ClN5O4. The number of carbonyl (C=O) groups is 2. The number of rotatable bonds is 8. The summed E-state index contributed by atoms with van der Waals surface area (Å²) >= 11 is 6.42. The highest BCUT2D eigenvalue weighted by atomic mass is 35.5. The van der Waals surface area contributed by atoms with Gasteiger partial charge in [0.1, 0.15) is 17.2 Å². The van der Waals surface area contributed by atoms with Crippen LogP contribution >= 0.6 is 11.6 Å². The molecule has 3 amide bonds. The SMILES string of the molecule is COc1cc2nccc(Oc3ccc(NC(=O)NC4CC4)c(Cl)c3)c2cc1C(=O)NC(C)C1CCNCC1. The van der Waals surface area contributed by atoms with Crippen LogP contribution in [0.1, 0.15) is 43.0 Å². The number of benzene rings is 2. The number of ether oxygens (including phenoxy) is 2. The molecule has 5 rings (SSSR count). The maximum atomic E-state index is 13.3. The number of pyridine rings is 1. The predicted molar refractivity (Wildman–Crippen MR) is 148 cm³/mol. The molecule has 1 saturated carbocycles. The minimum atomic E-state index is -0.280. The van der Waals surface area contributed by atoms with Gasteiger partial charge in [-0.3, -0.25) is 9.78 Å². The first-order valence-corrected chi connectivity index (χ1v) is 13.3. The third kappa shape index (κ3) is 6.11. The molecule has 1 aliphatic carbocycles. The van der Waals surface area contributed by atoms with Gasteiger partial charge in [0.05, 0.1) is 28.9 Å². The van der Waals surface area contributed by atoms with Crippen LogP contribution in [0, 0.1) is 5.92 Å². The molecule has 2 heterocycles. The molecule has 0 radical (unpaired) electrons. The van der Waals surface area contributed by atoms with E-state index in [1.54, 1.807) is 42.6 Å². The number of hydrogen-bond donors (Lipinski definition) is 4. The Morgan fingerprint density at radius 2 is 1.87 bits per heavy atom. The predicted octanol–water partition coefficient (Wildman–Crippen LogP) is 5.09. The Kier molecular flexibility index (Phi) is 7.85. The smallest absolute Gasteiger partial charge is 0.319 e. The highest BCUT2D eigenvalue weighted by Gasteiger charge is 2.25. The highest BCUT2D eigenvalue weighted by molar-refractivity contribution is 6.33. The molecule has 1 aliphatic heterocycles. The van der Waals surface area contributed by atoms with Gasteiger partial charge in [0.2, 0.25) is 0 Å². The number of piperidine rings is 1. The standard InChI is InChI=1S/C28H32ClN5O4/c1-16(17-7-10-30-11-8-17)32-27(35)21-14-20-24(15-26(21)37-2)31-12-9-25(20)38-19-5-6-23(22(29)13-19)34-28(36)33-18-3-4-18/h5-6,9,12-18,30H,3-4,7-8,10-11H2,1-2H3,(H,32,35)(H2,33,34,36). The zero-order valence-corrected chi connectivity index (χ0v) is 22.2. The maximum Gasteiger partial charge on any atom is 0.319 e. The summed E-state index contributed by atoms with van der Waals surface area (Å²) < 4.78 is 11.7. The Hall–Kier alpha value is -3.56. The highest BCUT2D eigenvalue weighted by Crippen LogP contribution is 2.35. The Morgan fingerprint density at radius 3 is 2.58 bits per heavy atom. The van der Waals surface area contributed by atoms with Crippen molar-refractivity contribution < 1.29 is 19.1 Å². The number of urea groups is 1. The molecule has 1 saturated heterocycles. The summed E-state index contributed by atoms with van der Waals surface area (Å²) in [5.74, 6) is 1.67. The number of anilines is 1. The van der Waals surface area contributed by atoms with Crippen LogP contribution in [0.4, 0.5) is 10.5 Å². The summed E-state index contributed by atoms with van der Waals surface area (Å²) in [6.07, 6.45) is 5.69. The van der Waals surface area contributed by atoms with Gasteiger partial charge in [-0.05, 0) is 75.9 Å². The fourth-order valence-corrected chi connectivity index (χ4v) is 4.91. The number of hydrogen-bond acceptors (Lipinski definition) is 6. The number of nitrogens with one attached hydrogen (secondary N) is 4. The Balaban J connectivity index is 1.36. The van der Waals surface area contributed by atoms with Crippen molar-refractivity contribution in [3.8, 4) is 17.2 Å². The van der Waals surface area contributed by atoms with E-state index in [2.05, 4.69) is 33.2 Å². The van der Waals surface area contributed by atoms with Crippen LogP contribution < -0.4 is 30.7 Å². The molecule has 2 aliphatic rings. The Labute approximate surface area is 226 Å². The molecule has 0 spiro atoms. The molecule has 1 aromatic heterocycles. The van der Waals surface area contributed by atoms with Gasteiger partial charge in [0, 0.05) is 35.8 Å². The van der Waals surface area contributed by atoms with Crippen LogP contribution in [0.5, 0.6) is 17.2 Å². The van der Waals surface area contributed by atoms with E-state index in [1.807, 2.05) is 0 Å². The van der Waals surface area contributed by atoms with Crippen LogP contribution in [-0.4, -0.2) is 49.2 Å². The van der Waals surface area contributed by atoms with Gasteiger partial charge in [-0.25, -0.2) is 4.79 Å². The zero-order chi connectivity index (χ0) is 26.6. The monoisotopic (exact) mass is 537 g/mol. The second-order valence-corrected chi connectivity index (χ2v) is 10.3. The molecule has 200 valence electrons. The molecule has 38 heavy (non-hydrogen) atoms. The van der Waals surface area contributed by atoms with Gasteiger partial charge in [-0.2, -0.15) is 0 Å². The van der Waals surface area contributed by atoms with Gasteiger partial charge in [0.25, 0.3) is 5.91 Å². The maximum absolute atomic E-state index is 13.3. The lowest BCUT2D eigenvalue weighted by Crippen LogP contribution is -2.42. The topological polar surface area (TPSA) is 114 Å². The van der Waals surface area contributed by atoms with Crippen molar-refractivity contribution in [2.45, 2.75) is 44.7 Å². The van der Waals surface area contributed by atoms with Crippen LogP contribution in [-0.2, 0) is 0 Å². The van der Waals surface area contributed by atoms with Crippen LogP contribution in [0.15, 0.2) is 42.6 Å². The lowest BCUT2D eigenvalue weighted by molar-refractivity contribution is 0.0917. The first-order chi connectivity index (χ1) is 18.4. The second kappa shape index (κ2) is 11.4. The average molecular weight is 538 g/mol. The Bertz CT molecular complexity index is 1340. The Morgan fingerprint density at radius 1 is 1.08 bits per heavy atom. The molecule has 2 aromatic carbocycles. The van der Waals surface area contributed by atoms with Gasteiger partial charge >= 0.3 is 6.03 Å². The van der Waals surface area contributed by atoms with Crippen molar-refractivity contribution in [1.29, 1.82) is 0 Å². The molecule has 4 N–H and O–H groups in total. The molecule has 2 fully saturated rings. The number of fused-ring (bicyclic) bond motifs is 1. The van der Waals surface area contributed by atoms with Crippen molar-refractivity contribution in [1.82, 2.24) is 20.9 Å². The first kappa shape index (κ1) is 26.1. The summed E-state index contributed by atoms with van der Waals surface area (Å²) in [4.78, 5) is 29.8. The summed E-state index contributed by atoms with van der Waals surface area (Å²) in [5, 5.41) is 13.2. The van der Waals surface area contributed by atoms with Gasteiger partial charge in [-0.15, -0.1) is 0 Å². The molecule has 9 nitrogen and oxygen atoms in total. The summed E-state index contributed by atoms with van der Waals surface area (Å²) in [5.41, 5.74) is 1.53. The third-order valence-electron chi connectivity index (χ3n) is 7.05. The summed E-state index contributed by atoms with van der Waals surface area (Å²) in [6, 6.07) is 10.3. The minimum Gasteiger partial charge on any atom is -0.496 e. The summed E-state index contributed by atoms with van der Waals surface area (Å²) in [6.45, 7) is 3.98. The van der Waals surface area contributed by atoms with E-state index in [4.69, 9.17) is 21.1 Å². The number of nitrogens with zero attached hydrogens (tertiary/aromatic N) is 1. The number of halogens is 1. The zero-order valence-electron chi connectivity index (χ0n) is 21.5. The van der Waals surface area contributed by atoms with Gasteiger partial charge < -0.3 is 30.7 Å². The van der Waals surface area contributed by atoms with Crippen molar-refractivity contribution in [2.24, 2.45) is 5.92 Å². The van der Waals surface area contributed by atoms with Crippen molar-refractivity contribution in [2.75, 3.05) is 25.5 Å². The van der Waals surface area contributed by atoms with E-state index < -0.39 is 0 Å². The van der Waals surface area contributed by atoms with E-state index in [9.17, 15) is 9.59 Å². The van der Waals surface area contributed by atoms with E-state index in [-0.39, 0.29) is 24.0 Å². The number of carbonyl (C=O) groups excluding carboxylic acids is 2. The van der Waals surface area contributed by atoms with E-state index in [0.717, 1.165) is 38.8 Å². The fraction of sp³-hybridized carbons (Fsp3) is 0.393. The normalized spacial score (nSPS) is 16.5. The van der Waals surface area contributed by atoms with Gasteiger partial charge in [-0.1, -0.05) is 11.6 Å². The molecule has 0 bridgehead atoms. The molecule has 10 heteroatoms. The lowest BCUT2D eigenvalue weighted by Gasteiger charge is -2.29.